The number of rotatable bonds is 7. The molecular weight excluding hydrogens is 374 g/mol. The molecule has 1 aliphatic carbocycles. The summed E-state index contributed by atoms with van der Waals surface area (Å²) in [6.07, 6.45) is 8.08. The first-order valence-corrected chi connectivity index (χ1v) is 11.9. The van der Waals surface area contributed by atoms with Gasteiger partial charge in [0, 0.05) is 57.8 Å². The fraction of sp³-hybridized carbons (Fsp3) is 0.667. The number of hydrogen-bond acceptors (Lipinski definition) is 3. The summed E-state index contributed by atoms with van der Waals surface area (Å²) >= 11 is 0. The van der Waals surface area contributed by atoms with E-state index in [0.717, 1.165) is 44.6 Å². The molecule has 0 bridgehead atoms. The summed E-state index contributed by atoms with van der Waals surface area (Å²) in [7, 11) is 0. The first-order valence-electron chi connectivity index (χ1n) is 11.9. The summed E-state index contributed by atoms with van der Waals surface area (Å²) in [5, 5.41) is 7.00. The van der Waals surface area contributed by atoms with Gasteiger partial charge in [-0.25, -0.2) is 0 Å². The minimum atomic E-state index is 0.238. The van der Waals surface area contributed by atoms with Crippen LogP contribution in [-0.2, 0) is 17.9 Å². The maximum Gasteiger partial charge on any atom is 0.223 e. The Kier molecular flexibility index (Phi) is 7.26. The van der Waals surface area contributed by atoms with Gasteiger partial charge in [0.2, 0.25) is 5.91 Å². The number of likely N-dealkylation sites (tertiary alicyclic amines) is 1. The van der Waals surface area contributed by atoms with Crippen LogP contribution in [0.1, 0.15) is 63.0 Å². The molecule has 4 rings (SSSR count). The third kappa shape index (κ3) is 5.34. The van der Waals surface area contributed by atoms with Crippen LogP contribution in [-0.4, -0.2) is 59.9 Å². The van der Waals surface area contributed by atoms with E-state index in [2.05, 4.69) is 34.6 Å². The number of nitrogens with one attached hydrogen (secondary N) is 2. The van der Waals surface area contributed by atoms with Gasteiger partial charge in [0.1, 0.15) is 0 Å². The van der Waals surface area contributed by atoms with Crippen LogP contribution in [0.25, 0.3) is 0 Å². The van der Waals surface area contributed by atoms with E-state index >= 15 is 0 Å². The van der Waals surface area contributed by atoms with Crippen molar-refractivity contribution in [2.75, 3.05) is 26.2 Å². The Morgan fingerprint density at radius 3 is 2.57 bits per heavy atom. The molecule has 1 unspecified atom stereocenters. The quantitative estimate of drug-likeness (QED) is 0.412. The number of carbonyl (C=O) groups excluding carboxylic acids is 1. The van der Waals surface area contributed by atoms with E-state index in [0.29, 0.717) is 19.0 Å². The lowest BCUT2D eigenvalue weighted by molar-refractivity contribution is -0.131. The largest absolute Gasteiger partial charge is 0.357 e. The van der Waals surface area contributed by atoms with Crippen molar-refractivity contribution in [2.45, 2.75) is 77.0 Å². The molecule has 2 fully saturated rings. The maximum absolute atomic E-state index is 12.6. The van der Waals surface area contributed by atoms with Gasteiger partial charge in [-0.15, -0.1) is 0 Å². The van der Waals surface area contributed by atoms with Gasteiger partial charge in [-0.05, 0) is 43.7 Å². The van der Waals surface area contributed by atoms with E-state index in [9.17, 15) is 4.79 Å². The smallest absolute Gasteiger partial charge is 0.223 e. The molecule has 1 amide bonds. The summed E-state index contributed by atoms with van der Waals surface area (Å²) in [6, 6.07) is 9.63. The molecule has 1 atom stereocenters. The van der Waals surface area contributed by atoms with Crippen LogP contribution < -0.4 is 10.6 Å². The molecule has 164 valence electrons. The number of aliphatic imine (C=N–C) groups is 1. The van der Waals surface area contributed by atoms with Crippen LogP contribution in [0.3, 0.4) is 0 Å². The highest BCUT2D eigenvalue weighted by molar-refractivity contribution is 5.80. The zero-order valence-electron chi connectivity index (χ0n) is 18.4. The van der Waals surface area contributed by atoms with E-state index in [4.69, 9.17) is 4.99 Å². The van der Waals surface area contributed by atoms with Gasteiger partial charge in [0.05, 0.1) is 0 Å². The Morgan fingerprint density at radius 2 is 1.87 bits per heavy atom. The lowest BCUT2D eigenvalue weighted by Crippen LogP contribution is -2.45. The van der Waals surface area contributed by atoms with Gasteiger partial charge in [-0.1, -0.05) is 37.1 Å². The van der Waals surface area contributed by atoms with E-state index in [1.807, 2.05) is 17.0 Å². The second kappa shape index (κ2) is 10.3. The molecule has 30 heavy (non-hydrogen) atoms. The van der Waals surface area contributed by atoms with E-state index in [-0.39, 0.29) is 5.91 Å². The van der Waals surface area contributed by atoms with Crippen LogP contribution in [0, 0.1) is 0 Å². The first kappa shape index (κ1) is 21.2. The van der Waals surface area contributed by atoms with Gasteiger partial charge in [-0.2, -0.15) is 0 Å². The van der Waals surface area contributed by atoms with Crippen molar-refractivity contribution in [1.82, 2.24) is 20.4 Å². The Hall–Kier alpha value is -2.08. The molecule has 2 heterocycles. The second-order valence-corrected chi connectivity index (χ2v) is 8.95. The molecule has 2 aliphatic heterocycles. The van der Waals surface area contributed by atoms with Crippen LogP contribution in [0.4, 0.5) is 0 Å². The zero-order chi connectivity index (χ0) is 20.8. The molecule has 0 spiro atoms. The standard InChI is InChI=1S/C24H37N5O/c1-2-25-24(27-21-13-15-28(18-21)22-10-5-6-11-22)26-14-7-12-23(30)29-16-19-8-3-4-9-20(19)17-29/h3-4,8-9,21-22H,2,5-7,10-18H2,1H3,(H2,25,26,27). The van der Waals surface area contributed by atoms with E-state index in [1.165, 1.54) is 49.8 Å². The average Bonchev–Trinajstić information content (AvgIpc) is 3.51. The molecule has 1 aromatic carbocycles. The minimum Gasteiger partial charge on any atom is -0.357 e. The number of nitrogens with zero attached hydrogens (tertiary/aromatic N) is 3. The highest BCUT2D eigenvalue weighted by Gasteiger charge is 2.30. The number of carbonyl (C=O) groups is 1. The van der Waals surface area contributed by atoms with Gasteiger partial charge in [0.25, 0.3) is 0 Å². The summed E-state index contributed by atoms with van der Waals surface area (Å²) in [6.45, 7) is 7.48. The van der Waals surface area contributed by atoms with Crippen molar-refractivity contribution in [2.24, 2.45) is 4.99 Å². The monoisotopic (exact) mass is 411 g/mol. The van der Waals surface area contributed by atoms with Crippen molar-refractivity contribution in [3.05, 3.63) is 35.4 Å². The van der Waals surface area contributed by atoms with Gasteiger partial charge in [-0.3, -0.25) is 14.7 Å². The molecular formula is C24H37N5O. The topological polar surface area (TPSA) is 60.0 Å². The normalized spacial score (nSPS) is 22.5. The number of amides is 1. The highest BCUT2D eigenvalue weighted by atomic mass is 16.2. The molecule has 0 radical (unpaired) electrons. The van der Waals surface area contributed by atoms with Crippen LogP contribution in [0.2, 0.25) is 0 Å². The molecule has 6 nitrogen and oxygen atoms in total. The Bertz CT molecular complexity index is 718. The molecule has 0 aromatic heterocycles. The molecule has 2 N–H and O–H groups in total. The predicted molar refractivity (Wildman–Crippen MR) is 121 cm³/mol. The summed E-state index contributed by atoms with van der Waals surface area (Å²) < 4.78 is 0. The van der Waals surface area contributed by atoms with Crippen molar-refractivity contribution >= 4 is 11.9 Å². The number of fused-ring (bicyclic) bond motifs is 1. The SMILES string of the molecule is CCNC(=NCCCC(=O)N1Cc2ccccc2C1)NC1CCN(C2CCCC2)C1. The summed E-state index contributed by atoms with van der Waals surface area (Å²) in [4.78, 5) is 21.9. The van der Waals surface area contributed by atoms with Crippen LogP contribution in [0.15, 0.2) is 29.3 Å². The maximum atomic E-state index is 12.6. The van der Waals surface area contributed by atoms with Gasteiger partial charge >= 0.3 is 0 Å². The fourth-order valence-corrected chi connectivity index (χ4v) is 5.11. The molecule has 1 saturated heterocycles. The number of benzene rings is 1. The molecule has 6 heteroatoms. The molecule has 1 aromatic rings. The van der Waals surface area contributed by atoms with Crippen LogP contribution >= 0.6 is 0 Å². The third-order valence-corrected chi connectivity index (χ3v) is 6.76. The van der Waals surface area contributed by atoms with E-state index in [1.54, 1.807) is 0 Å². The van der Waals surface area contributed by atoms with Crippen molar-refractivity contribution < 1.29 is 4.79 Å². The third-order valence-electron chi connectivity index (χ3n) is 6.76. The lowest BCUT2D eigenvalue weighted by atomic mass is 10.1. The first-order chi connectivity index (χ1) is 14.7. The Balaban J connectivity index is 1.19. The zero-order valence-corrected chi connectivity index (χ0v) is 18.4. The van der Waals surface area contributed by atoms with Crippen molar-refractivity contribution in [3.8, 4) is 0 Å². The predicted octanol–water partition coefficient (Wildman–Crippen LogP) is 2.88. The molecule has 1 saturated carbocycles. The second-order valence-electron chi connectivity index (χ2n) is 8.95. The number of guanidine groups is 1. The fourth-order valence-electron chi connectivity index (χ4n) is 5.11. The lowest BCUT2D eigenvalue weighted by Gasteiger charge is -2.24. The Labute approximate surface area is 181 Å². The van der Waals surface area contributed by atoms with E-state index < -0.39 is 0 Å². The average molecular weight is 412 g/mol. The van der Waals surface area contributed by atoms with Crippen molar-refractivity contribution in [1.29, 1.82) is 0 Å². The molecule has 3 aliphatic rings. The summed E-state index contributed by atoms with van der Waals surface area (Å²) in [5.41, 5.74) is 2.57. The highest BCUT2D eigenvalue weighted by Crippen LogP contribution is 2.26. The number of hydrogen-bond donors (Lipinski definition) is 2. The van der Waals surface area contributed by atoms with Gasteiger partial charge < -0.3 is 15.5 Å². The van der Waals surface area contributed by atoms with Gasteiger partial charge in [0.15, 0.2) is 5.96 Å². The minimum absolute atomic E-state index is 0.238. The summed E-state index contributed by atoms with van der Waals surface area (Å²) in [5.74, 6) is 1.14. The van der Waals surface area contributed by atoms with Crippen LogP contribution in [0.5, 0.6) is 0 Å². The van der Waals surface area contributed by atoms with Crippen molar-refractivity contribution in [3.63, 3.8) is 0 Å². The Morgan fingerprint density at radius 1 is 1.13 bits per heavy atom.